The van der Waals surface area contributed by atoms with Crippen molar-refractivity contribution in [2.75, 3.05) is 12.8 Å². The van der Waals surface area contributed by atoms with E-state index in [0.29, 0.717) is 12.3 Å². The summed E-state index contributed by atoms with van der Waals surface area (Å²) in [6, 6.07) is 6.49. The number of hydrogen-bond donors (Lipinski definition) is 1. The highest BCUT2D eigenvalue weighted by Crippen LogP contribution is 2.18. The molecule has 0 aliphatic carbocycles. The van der Waals surface area contributed by atoms with Gasteiger partial charge in [0.2, 0.25) is 0 Å². The average molecular weight is 243 g/mol. The molecule has 0 saturated heterocycles. The van der Waals surface area contributed by atoms with Gasteiger partial charge < -0.3 is 10.5 Å². The van der Waals surface area contributed by atoms with Gasteiger partial charge in [-0.1, -0.05) is 6.07 Å². The number of rotatable bonds is 5. The maximum absolute atomic E-state index is 11.3. The fourth-order valence-corrected chi connectivity index (χ4v) is 1.96. The molecule has 5 heteroatoms. The van der Waals surface area contributed by atoms with Crippen LogP contribution in [0.25, 0.3) is 0 Å². The summed E-state index contributed by atoms with van der Waals surface area (Å²) in [5, 5.41) is 0. The molecule has 0 heterocycles. The lowest BCUT2D eigenvalue weighted by molar-refractivity contribution is 0.213. The van der Waals surface area contributed by atoms with Gasteiger partial charge in [-0.05, 0) is 38.1 Å². The van der Waals surface area contributed by atoms with Crippen LogP contribution < -0.4 is 10.5 Å². The summed E-state index contributed by atoms with van der Waals surface area (Å²) in [4.78, 5) is 0.268. The highest BCUT2D eigenvalue weighted by Gasteiger charge is 2.09. The van der Waals surface area contributed by atoms with Crippen molar-refractivity contribution >= 4 is 9.84 Å². The minimum Gasteiger partial charge on any atom is -0.491 e. The summed E-state index contributed by atoms with van der Waals surface area (Å²) in [6.45, 7) is 2.45. The predicted molar refractivity (Wildman–Crippen MR) is 63.3 cm³/mol. The molecular formula is C11H17NO3S. The molecule has 1 atom stereocenters. The van der Waals surface area contributed by atoms with Crippen molar-refractivity contribution in [3.05, 3.63) is 24.3 Å². The van der Waals surface area contributed by atoms with Crippen LogP contribution in [0.1, 0.15) is 13.3 Å². The summed E-state index contributed by atoms with van der Waals surface area (Å²) < 4.78 is 28.2. The van der Waals surface area contributed by atoms with Crippen LogP contribution in [0.3, 0.4) is 0 Å². The zero-order valence-electron chi connectivity index (χ0n) is 9.51. The third-order valence-corrected chi connectivity index (χ3v) is 3.25. The Bertz CT molecular complexity index is 442. The largest absolute Gasteiger partial charge is 0.491 e. The lowest BCUT2D eigenvalue weighted by Gasteiger charge is -2.14. The highest BCUT2D eigenvalue weighted by molar-refractivity contribution is 7.90. The van der Waals surface area contributed by atoms with E-state index in [1.165, 1.54) is 12.3 Å². The molecule has 1 rings (SSSR count). The van der Waals surface area contributed by atoms with Gasteiger partial charge in [0.05, 0.1) is 11.0 Å². The second-order valence-corrected chi connectivity index (χ2v) is 5.77. The van der Waals surface area contributed by atoms with Crippen molar-refractivity contribution < 1.29 is 13.2 Å². The highest BCUT2D eigenvalue weighted by atomic mass is 32.2. The molecule has 0 amide bonds. The van der Waals surface area contributed by atoms with Gasteiger partial charge in [0, 0.05) is 6.26 Å². The van der Waals surface area contributed by atoms with Crippen molar-refractivity contribution in [3.8, 4) is 5.75 Å². The Balaban J connectivity index is 2.83. The summed E-state index contributed by atoms with van der Waals surface area (Å²) in [5.74, 6) is 0.559. The molecule has 2 N–H and O–H groups in total. The lowest BCUT2D eigenvalue weighted by atomic mass is 10.3. The Morgan fingerprint density at radius 2 is 2.12 bits per heavy atom. The molecule has 1 aromatic rings. The van der Waals surface area contributed by atoms with E-state index in [9.17, 15) is 8.42 Å². The van der Waals surface area contributed by atoms with Crippen LogP contribution in [0.5, 0.6) is 5.75 Å². The zero-order chi connectivity index (χ0) is 12.2. The SMILES string of the molecule is CC(CCN)Oc1cccc(S(C)(=O)=O)c1. The van der Waals surface area contributed by atoms with Crippen LogP contribution in [-0.4, -0.2) is 27.3 Å². The van der Waals surface area contributed by atoms with E-state index in [-0.39, 0.29) is 11.0 Å². The van der Waals surface area contributed by atoms with E-state index in [2.05, 4.69) is 0 Å². The molecule has 0 saturated carbocycles. The van der Waals surface area contributed by atoms with Gasteiger partial charge in [-0.15, -0.1) is 0 Å². The summed E-state index contributed by atoms with van der Waals surface area (Å²) in [6.07, 6.45) is 1.90. The smallest absolute Gasteiger partial charge is 0.175 e. The van der Waals surface area contributed by atoms with Crippen molar-refractivity contribution in [1.29, 1.82) is 0 Å². The quantitative estimate of drug-likeness (QED) is 0.843. The summed E-state index contributed by atoms with van der Waals surface area (Å²) in [5.41, 5.74) is 5.41. The topological polar surface area (TPSA) is 69.4 Å². The number of ether oxygens (including phenoxy) is 1. The predicted octanol–water partition coefficient (Wildman–Crippen LogP) is 1.21. The van der Waals surface area contributed by atoms with E-state index in [1.807, 2.05) is 6.92 Å². The molecule has 0 aliphatic rings. The Kier molecular flexibility index (Phi) is 4.32. The molecule has 16 heavy (non-hydrogen) atoms. The molecule has 0 fully saturated rings. The molecule has 0 bridgehead atoms. The normalized spacial score (nSPS) is 13.4. The van der Waals surface area contributed by atoms with Crippen LogP contribution in [0.15, 0.2) is 29.2 Å². The van der Waals surface area contributed by atoms with Crippen LogP contribution in [0.2, 0.25) is 0 Å². The van der Waals surface area contributed by atoms with Gasteiger partial charge in [0.1, 0.15) is 5.75 Å². The minimum atomic E-state index is -3.18. The van der Waals surface area contributed by atoms with Gasteiger partial charge in [-0.3, -0.25) is 0 Å². The van der Waals surface area contributed by atoms with Crippen LogP contribution in [-0.2, 0) is 9.84 Å². The first-order valence-corrected chi connectivity index (χ1v) is 6.99. The Morgan fingerprint density at radius 1 is 1.44 bits per heavy atom. The molecule has 0 aromatic heterocycles. The van der Waals surface area contributed by atoms with Gasteiger partial charge in [0.25, 0.3) is 0 Å². The second kappa shape index (κ2) is 5.32. The fourth-order valence-electron chi connectivity index (χ4n) is 1.30. The van der Waals surface area contributed by atoms with E-state index < -0.39 is 9.84 Å². The molecule has 90 valence electrons. The van der Waals surface area contributed by atoms with Crippen molar-refractivity contribution in [2.45, 2.75) is 24.3 Å². The van der Waals surface area contributed by atoms with Crippen molar-refractivity contribution in [1.82, 2.24) is 0 Å². The number of sulfone groups is 1. The van der Waals surface area contributed by atoms with Crippen LogP contribution in [0.4, 0.5) is 0 Å². The van der Waals surface area contributed by atoms with Gasteiger partial charge in [-0.2, -0.15) is 0 Å². The maximum Gasteiger partial charge on any atom is 0.175 e. The first-order chi connectivity index (χ1) is 7.43. The molecule has 0 radical (unpaired) electrons. The molecule has 1 aromatic carbocycles. The molecule has 0 aliphatic heterocycles. The van der Waals surface area contributed by atoms with E-state index in [0.717, 1.165) is 6.42 Å². The third-order valence-electron chi connectivity index (χ3n) is 2.14. The molecule has 4 nitrogen and oxygen atoms in total. The molecule has 0 spiro atoms. The van der Waals surface area contributed by atoms with Crippen molar-refractivity contribution in [3.63, 3.8) is 0 Å². The Labute approximate surface area is 96.3 Å². The summed E-state index contributed by atoms with van der Waals surface area (Å²) >= 11 is 0. The second-order valence-electron chi connectivity index (χ2n) is 3.75. The monoisotopic (exact) mass is 243 g/mol. The van der Waals surface area contributed by atoms with E-state index in [4.69, 9.17) is 10.5 Å². The number of hydrogen-bond acceptors (Lipinski definition) is 4. The van der Waals surface area contributed by atoms with Crippen LogP contribution in [0, 0.1) is 0 Å². The lowest BCUT2D eigenvalue weighted by Crippen LogP contribution is -2.16. The van der Waals surface area contributed by atoms with Gasteiger partial charge in [-0.25, -0.2) is 8.42 Å². The third kappa shape index (κ3) is 3.83. The Morgan fingerprint density at radius 3 is 2.69 bits per heavy atom. The number of benzene rings is 1. The zero-order valence-corrected chi connectivity index (χ0v) is 10.3. The van der Waals surface area contributed by atoms with Gasteiger partial charge in [0.15, 0.2) is 9.84 Å². The van der Waals surface area contributed by atoms with Crippen molar-refractivity contribution in [2.24, 2.45) is 5.73 Å². The van der Waals surface area contributed by atoms with E-state index in [1.54, 1.807) is 18.2 Å². The first-order valence-electron chi connectivity index (χ1n) is 5.10. The Hall–Kier alpha value is -1.07. The minimum absolute atomic E-state index is 0.0141. The maximum atomic E-state index is 11.3. The molecule has 1 unspecified atom stereocenters. The standard InChI is InChI=1S/C11H17NO3S/c1-9(6-7-12)15-10-4-3-5-11(8-10)16(2,13)14/h3-5,8-9H,6-7,12H2,1-2H3. The average Bonchev–Trinajstić information content (AvgIpc) is 2.17. The summed E-state index contributed by atoms with van der Waals surface area (Å²) in [7, 11) is -3.18. The molecular weight excluding hydrogens is 226 g/mol. The van der Waals surface area contributed by atoms with Crippen LogP contribution >= 0.6 is 0 Å². The number of nitrogens with two attached hydrogens (primary N) is 1. The first kappa shape index (κ1) is 13.0. The van der Waals surface area contributed by atoms with Gasteiger partial charge >= 0.3 is 0 Å². The van der Waals surface area contributed by atoms with E-state index >= 15 is 0 Å². The fraction of sp³-hybridized carbons (Fsp3) is 0.455.